The zero-order valence-electron chi connectivity index (χ0n) is 15.0. The zero-order chi connectivity index (χ0) is 18.8. The van der Waals surface area contributed by atoms with Crippen molar-refractivity contribution in [3.05, 3.63) is 63.1 Å². The monoisotopic (exact) mass is 413 g/mol. The minimum Gasteiger partial charge on any atom is -0.330 e. The minimum absolute atomic E-state index is 0.626. The van der Waals surface area contributed by atoms with Crippen molar-refractivity contribution in [2.45, 2.75) is 20.1 Å². The van der Waals surface area contributed by atoms with E-state index in [4.69, 9.17) is 17.2 Å². The van der Waals surface area contributed by atoms with Gasteiger partial charge in [0.2, 0.25) is 5.13 Å². The molecule has 2 aromatic carbocycles. The molecule has 8 heteroatoms. The van der Waals surface area contributed by atoms with Crippen LogP contribution in [0.5, 0.6) is 0 Å². The van der Waals surface area contributed by atoms with E-state index in [1.165, 1.54) is 21.6 Å². The number of thiazole rings is 1. The minimum atomic E-state index is 0.626. The van der Waals surface area contributed by atoms with E-state index >= 15 is 0 Å². The molecule has 0 aliphatic rings. The number of benzene rings is 2. The maximum absolute atomic E-state index is 5.50. The second kappa shape index (κ2) is 7.85. The Bertz CT molecular complexity index is 1090. The molecule has 0 saturated carbocycles. The van der Waals surface area contributed by atoms with Gasteiger partial charge < -0.3 is 5.32 Å². The number of fused-ring (bicyclic) bond motifs is 1. The summed E-state index contributed by atoms with van der Waals surface area (Å²) in [4.78, 5) is 6.87. The van der Waals surface area contributed by atoms with Gasteiger partial charge in [-0.1, -0.05) is 41.7 Å². The molecule has 5 nitrogen and oxygen atoms in total. The topological polar surface area (TPSA) is 46.0 Å². The van der Waals surface area contributed by atoms with E-state index in [0.29, 0.717) is 6.67 Å². The molecule has 4 aromatic rings. The Labute approximate surface area is 170 Å². The molecule has 0 amide bonds. The van der Waals surface area contributed by atoms with Gasteiger partial charge in [0.15, 0.2) is 3.95 Å². The molecule has 0 atom stereocenters. The second-order valence-electron chi connectivity index (χ2n) is 6.34. The summed E-state index contributed by atoms with van der Waals surface area (Å²) in [6.07, 6.45) is 0. The number of rotatable bonds is 6. The van der Waals surface area contributed by atoms with Crippen molar-refractivity contribution in [2.24, 2.45) is 0 Å². The molecule has 2 aromatic heterocycles. The van der Waals surface area contributed by atoms with Gasteiger partial charge in [-0.3, -0.25) is 4.90 Å². The molecule has 2 heterocycles. The highest BCUT2D eigenvalue weighted by atomic mass is 32.1. The van der Waals surface area contributed by atoms with E-state index in [1.54, 1.807) is 11.3 Å². The van der Waals surface area contributed by atoms with Gasteiger partial charge in [0, 0.05) is 5.69 Å². The van der Waals surface area contributed by atoms with Crippen LogP contribution < -0.4 is 5.32 Å². The Kier molecular flexibility index (Phi) is 5.31. The summed E-state index contributed by atoms with van der Waals surface area (Å²) < 4.78 is 3.83. The first-order chi connectivity index (χ1) is 13.1. The summed E-state index contributed by atoms with van der Waals surface area (Å²) in [5.41, 5.74) is 3.29. The molecule has 0 aliphatic carbocycles. The Morgan fingerprint density at radius 3 is 2.70 bits per heavy atom. The number of para-hydroxylation sites is 2. The van der Waals surface area contributed by atoms with Crippen molar-refractivity contribution in [2.75, 3.05) is 12.4 Å². The summed E-state index contributed by atoms with van der Waals surface area (Å²) in [6.45, 7) is 3.46. The summed E-state index contributed by atoms with van der Waals surface area (Å²) >= 11 is 8.71. The molecule has 0 saturated heterocycles. The van der Waals surface area contributed by atoms with E-state index in [2.05, 4.69) is 47.5 Å². The van der Waals surface area contributed by atoms with Crippen LogP contribution >= 0.6 is 34.9 Å². The SMILES string of the molecule is Cc1ccccc1Nc1nn(CN(C)Cc2nc3ccccc3s2)c(=S)s1. The molecule has 1 N–H and O–H groups in total. The molecular formula is C19H19N5S3. The molecule has 138 valence electrons. The smallest absolute Gasteiger partial charge is 0.209 e. The molecule has 0 spiro atoms. The fraction of sp³-hybridized carbons (Fsp3) is 0.211. The van der Waals surface area contributed by atoms with E-state index in [9.17, 15) is 0 Å². The molecule has 0 bridgehead atoms. The number of hydrogen-bond donors (Lipinski definition) is 1. The standard InChI is InChI=1S/C19H19N5S3/c1-13-7-3-4-8-14(13)21-18-22-24(19(25)27-18)12-23(2)11-17-20-15-9-5-6-10-16(15)26-17/h3-10H,11-12H2,1-2H3,(H,21,22). The second-order valence-corrected chi connectivity index (χ2v) is 9.08. The third-order valence-corrected chi connectivity index (χ3v) is 6.36. The van der Waals surface area contributed by atoms with Gasteiger partial charge in [0.05, 0.1) is 23.4 Å². The first-order valence-corrected chi connectivity index (χ1v) is 10.6. The lowest BCUT2D eigenvalue weighted by molar-refractivity contribution is 0.245. The fourth-order valence-corrected chi connectivity index (χ4v) is 4.82. The maximum atomic E-state index is 5.50. The molecule has 27 heavy (non-hydrogen) atoms. The molecular weight excluding hydrogens is 394 g/mol. The molecule has 0 unspecified atom stereocenters. The van der Waals surface area contributed by atoms with Crippen molar-refractivity contribution in [1.29, 1.82) is 0 Å². The number of aryl methyl sites for hydroxylation is 1. The van der Waals surface area contributed by atoms with Gasteiger partial charge >= 0.3 is 0 Å². The lowest BCUT2D eigenvalue weighted by atomic mass is 10.2. The van der Waals surface area contributed by atoms with Crippen LogP contribution in [0, 0.1) is 10.9 Å². The van der Waals surface area contributed by atoms with Crippen molar-refractivity contribution >= 4 is 55.9 Å². The molecule has 4 rings (SSSR count). The van der Waals surface area contributed by atoms with Gasteiger partial charge in [0.1, 0.15) is 5.01 Å². The zero-order valence-corrected chi connectivity index (χ0v) is 17.5. The number of nitrogens with zero attached hydrogens (tertiary/aromatic N) is 4. The average Bonchev–Trinajstić information content (AvgIpc) is 3.19. The molecule has 0 radical (unpaired) electrons. The summed E-state index contributed by atoms with van der Waals surface area (Å²) in [7, 11) is 2.06. The fourth-order valence-electron chi connectivity index (χ4n) is 2.77. The van der Waals surface area contributed by atoms with Gasteiger partial charge in [-0.25, -0.2) is 9.67 Å². The first-order valence-electron chi connectivity index (χ1n) is 8.52. The van der Waals surface area contributed by atoms with E-state index in [0.717, 1.165) is 31.8 Å². The predicted octanol–water partition coefficient (Wildman–Crippen LogP) is 5.43. The lowest BCUT2D eigenvalue weighted by Crippen LogP contribution is -2.22. The Balaban J connectivity index is 1.45. The number of hydrogen-bond acceptors (Lipinski definition) is 7. The summed E-state index contributed by atoms with van der Waals surface area (Å²) in [5.74, 6) is 0. The largest absolute Gasteiger partial charge is 0.330 e. The predicted molar refractivity (Wildman–Crippen MR) is 116 cm³/mol. The average molecular weight is 414 g/mol. The van der Waals surface area contributed by atoms with Crippen molar-refractivity contribution < 1.29 is 0 Å². The highest BCUT2D eigenvalue weighted by Gasteiger charge is 2.10. The van der Waals surface area contributed by atoms with Crippen molar-refractivity contribution in [3.63, 3.8) is 0 Å². The number of anilines is 2. The van der Waals surface area contributed by atoms with Crippen LogP contribution in [-0.2, 0) is 13.2 Å². The highest BCUT2D eigenvalue weighted by molar-refractivity contribution is 7.73. The van der Waals surface area contributed by atoms with Gasteiger partial charge in [-0.2, -0.15) is 0 Å². The Morgan fingerprint density at radius 2 is 1.89 bits per heavy atom. The van der Waals surface area contributed by atoms with Gasteiger partial charge in [-0.15, -0.1) is 16.4 Å². The highest BCUT2D eigenvalue weighted by Crippen LogP contribution is 2.24. The van der Waals surface area contributed by atoms with E-state index < -0.39 is 0 Å². The van der Waals surface area contributed by atoms with E-state index in [-0.39, 0.29) is 0 Å². The third-order valence-electron chi connectivity index (χ3n) is 4.11. The quantitative estimate of drug-likeness (QED) is 0.427. The summed E-state index contributed by atoms with van der Waals surface area (Å²) in [6, 6.07) is 16.4. The van der Waals surface area contributed by atoms with Gasteiger partial charge in [0.25, 0.3) is 0 Å². The number of nitrogens with one attached hydrogen (secondary N) is 1. The Hall–Kier alpha value is -2.13. The number of aromatic nitrogens is 3. The van der Waals surface area contributed by atoms with Crippen LogP contribution in [0.2, 0.25) is 0 Å². The van der Waals surface area contributed by atoms with Crippen LogP contribution in [0.3, 0.4) is 0 Å². The maximum Gasteiger partial charge on any atom is 0.209 e. The van der Waals surface area contributed by atoms with Gasteiger partial charge in [-0.05, 0) is 50.0 Å². The van der Waals surface area contributed by atoms with Crippen LogP contribution in [0.15, 0.2) is 48.5 Å². The van der Waals surface area contributed by atoms with E-state index in [1.807, 2.05) is 35.0 Å². The summed E-state index contributed by atoms with van der Waals surface area (Å²) in [5, 5.41) is 9.90. The first kappa shape index (κ1) is 18.2. The van der Waals surface area contributed by atoms with Crippen LogP contribution in [0.4, 0.5) is 10.8 Å². The normalized spacial score (nSPS) is 11.4. The van der Waals surface area contributed by atoms with Crippen molar-refractivity contribution in [1.82, 2.24) is 19.7 Å². The third kappa shape index (κ3) is 4.24. The van der Waals surface area contributed by atoms with Crippen LogP contribution in [0.1, 0.15) is 10.6 Å². The van der Waals surface area contributed by atoms with Crippen LogP contribution in [-0.4, -0.2) is 26.7 Å². The van der Waals surface area contributed by atoms with Crippen LogP contribution in [0.25, 0.3) is 10.2 Å². The van der Waals surface area contributed by atoms with Crippen molar-refractivity contribution in [3.8, 4) is 0 Å². The lowest BCUT2D eigenvalue weighted by Gasteiger charge is -2.14. The molecule has 0 aliphatic heterocycles. The Morgan fingerprint density at radius 1 is 1.11 bits per heavy atom. The molecule has 0 fully saturated rings.